The van der Waals surface area contributed by atoms with Gasteiger partial charge in [0.15, 0.2) is 0 Å². The Morgan fingerprint density at radius 3 is 2.18 bits per heavy atom. The minimum absolute atomic E-state index is 0.499. The van der Waals surface area contributed by atoms with Crippen LogP contribution in [0.15, 0.2) is 0 Å². The fraction of sp³-hybridized carbons (Fsp3) is 1.00. The lowest BCUT2D eigenvalue weighted by Gasteiger charge is -2.41. The third-order valence-electron chi connectivity index (χ3n) is 2.78. The van der Waals surface area contributed by atoms with Gasteiger partial charge in [0.05, 0.1) is 6.10 Å². The van der Waals surface area contributed by atoms with Crippen molar-refractivity contribution in [2.24, 2.45) is 5.41 Å². The summed E-state index contributed by atoms with van der Waals surface area (Å²) in [4.78, 5) is 0. The van der Waals surface area contributed by atoms with Crippen LogP contribution in [0.5, 0.6) is 0 Å². The molecular weight excluding hydrogens is 138 g/mol. The van der Waals surface area contributed by atoms with Gasteiger partial charge in [-0.05, 0) is 13.3 Å². The SMILES string of the molecule is CC.CC1OCCC12CNC2. The Morgan fingerprint density at radius 1 is 1.36 bits per heavy atom. The van der Waals surface area contributed by atoms with E-state index in [0.717, 1.165) is 6.61 Å². The Morgan fingerprint density at radius 2 is 2.00 bits per heavy atom. The lowest BCUT2D eigenvalue weighted by atomic mass is 9.76. The molecule has 1 atom stereocenters. The summed E-state index contributed by atoms with van der Waals surface area (Å²) in [6, 6.07) is 0. The van der Waals surface area contributed by atoms with Gasteiger partial charge in [-0.15, -0.1) is 0 Å². The van der Waals surface area contributed by atoms with Gasteiger partial charge in [0.25, 0.3) is 0 Å². The largest absolute Gasteiger partial charge is 0.378 e. The second-order valence-corrected chi connectivity index (χ2v) is 3.23. The molecule has 2 rings (SSSR count). The molecular formula is C9H19NO. The van der Waals surface area contributed by atoms with Gasteiger partial charge in [-0.1, -0.05) is 13.8 Å². The highest BCUT2D eigenvalue weighted by atomic mass is 16.5. The highest BCUT2D eigenvalue weighted by Crippen LogP contribution is 2.37. The second-order valence-electron chi connectivity index (χ2n) is 3.23. The monoisotopic (exact) mass is 157 g/mol. The number of hydrogen-bond donors (Lipinski definition) is 1. The topological polar surface area (TPSA) is 21.3 Å². The Hall–Kier alpha value is -0.0800. The Kier molecular flexibility index (Phi) is 2.90. The predicted molar refractivity (Wildman–Crippen MR) is 46.7 cm³/mol. The van der Waals surface area contributed by atoms with Crippen LogP contribution in [0, 0.1) is 5.41 Å². The van der Waals surface area contributed by atoms with Crippen LogP contribution in [0.4, 0.5) is 0 Å². The van der Waals surface area contributed by atoms with E-state index in [9.17, 15) is 0 Å². The van der Waals surface area contributed by atoms with Crippen molar-refractivity contribution >= 4 is 0 Å². The summed E-state index contributed by atoms with van der Waals surface area (Å²) in [5, 5.41) is 3.29. The molecule has 2 heterocycles. The third kappa shape index (κ3) is 1.42. The third-order valence-corrected chi connectivity index (χ3v) is 2.78. The quantitative estimate of drug-likeness (QED) is 0.574. The maximum atomic E-state index is 5.47. The fourth-order valence-electron chi connectivity index (χ4n) is 1.73. The number of hydrogen-bond acceptors (Lipinski definition) is 2. The molecule has 0 amide bonds. The molecule has 0 bridgehead atoms. The van der Waals surface area contributed by atoms with Gasteiger partial charge in [-0.2, -0.15) is 0 Å². The van der Waals surface area contributed by atoms with Gasteiger partial charge >= 0.3 is 0 Å². The molecule has 0 aliphatic carbocycles. The molecule has 66 valence electrons. The summed E-state index contributed by atoms with van der Waals surface area (Å²) in [5.74, 6) is 0. The van der Waals surface area contributed by atoms with Crippen LogP contribution in [-0.4, -0.2) is 25.8 Å². The summed E-state index contributed by atoms with van der Waals surface area (Å²) in [6.45, 7) is 9.51. The minimum atomic E-state index is 0.499. The lowest BCUT2D eigenvalue weighted by molar-refractivity contribution is 0.0335. The van der Waals surface area contributed by atoms with Crippen molar-refractivity contribution in [2.45, 2.75) is 33.3 Å². The smallest absolute Gasteiger partial charge is 0.0628 e. The van der Waals surface area contributed by atoms with E-state index < -0.39 is 0 Å². The first-order chi connectivity index (χ1) is 5.33. The van der Waals surface area contributed by atoms with Gasteiger partial charge < -0.3 is 10.1 Å². The van der Waals surface area contributed by atoms with Gasteiger partial charge in [-0.25, -0.2) is 0 Å². The van der Waals surface area contributed by atoms with Crippen LogP contribution < -0.4 is 5.32 Å². The molecule has 0 radical (unpaired) electrons. The van der Waals surface area contributed by atoms with Gasteiger partial charge in [0.1, 0.15) is 0 Å². The molecule has 2 fully saturated rings. The number of nitrogens with one attached hydrogen (secondary N) is 1. The van der Waals surface area contributed by atoms with E-state index in [2.05, 4.69) is 12.2 Å². The molecule has 0 aromatic rings. The average molecular weight is 157 g/mol. The maximum absolute atomic E-state index is 5.47. The lowest BCUT2D eigenvalue weighted by Crippen LogP contribution is -2.56. The average Bonchev–Trinajstić information content (AvgIpc) is 2.34. The van der Waals surface area contributed by atoms with E-state index in [-0.39, 0.29) is 0 Å². The van der Waals surface area contributed by atoms with Crippen molar-refractivity contribution in [3.8, 4) is 0 Å². The fourth-order valence-corrected chi connectivity index (χ4v) is 1.73. The van der Waals surface area contributed by atoms with E-state index in [1.807, 2.05) is 13.8 Å². The van der Waals surface area contributed by atoms with Gasteiger partial charge in [0, 0.05) is 25.1 Å². The van der Waals surface area contributed by atoms with E-state index in [0.29, 0.717) is 11.5 Å². The van der Waals surface area contributed by atoms with Crippen LogP contribution in [0.2, 0.25) is 0 Å². The zero-order valence-electron chi connectivity index (χ0n) is 7.81. The molecule has 1 spiro atoms. The first-order valence-corrected chi connectivity index (χ1v) is 4.66. The summed E-state index contributed by atoms with van der Waals surface area (Å²) in [7, 11) is 0. The second kappa shape index (κ2) is 3.55. The summed E-state index contributed by atoms with van der Waals surface area (Å²) in [5.41, 5.74) is 0.542. The number of ether oxygens (including phenoxy) is 1. The zero-order valence-corrected chi connectivity index (χ0v) is 7.81. The van der Waals surface area contributed by atoms with Crippen LogP contribution in [0.1, 0.15) is 27.2 Å². The van der Waals surface area contributed by atoms with E-state index in [4.69, 9.17) is 4.74 Å². The molecule has 2 heteroatoms. The van der Waals surface area contributed by atoms with E-state index in [1.54, 1.807) is 0 Å². The molecule has 2 aliphatic heterocycles. The predicted octanol–water partition coefficient (Wildman–Crippen LogP) is 1.41. The van der Waals surface area contributed by atoms with Crippen molar-refractivity contribution in [3.05, 3.63) is 0 Å². The number of rotatable bonds is 0. The first kappa shape index (κ1) is 9.01. The summed E-state index contributed by atoms with van der Waals surface area (Å²) >= 11 is 0. The zero-order chi connectivity index (χ0) is 8.32. The summed E-state index contributed by atoms with van der Waals surface area (Å²) in [6.07, 6.45) is 1.76. The normalized spacial score (nSPS) is 32.5. The summed E-state index contributed by atoms with van der Waals surface area (Å²) < 4.78 is 5.47. The van der Waals surface area contributed by atoms with Crippen LogP contribution in [0.3, 0.4) is 0 Å². The molecule has 2 saturated heterocycles. The van der Waals surface area contributed by atoms with Crippen molar-refractivity contribution in [2.75, 3.05) is 19.7 Å². The minimum Gasteiger partial charge on any atom is -0.378 e. The van der Waals surface area contributed by atoms with Crippen LogP contribution in [-0.2, 0) is 4.74 Å². The van der Waals surface area contributed by atoms with Crippen molar-refractivity contribution in [1.29, 1.82) is 0 Å². The van der Waals surface area contributed by atoms with Crippen molar-refractivity contribution in [1.82, 2.24) is 5.32 Å². The maximum Gasteiger partial charge on any atom is 0.0628 e. The molecule has 0 aromatic carbocycles. The Bertz CT molecular complexity index is 121. The molecule has 2 nitrogen and oxygen atoms in total. The standard InChI is InChI=1S/C7H13NO.C2H6/c1-6-7(2-3-9-6)4-8-5-7;1-2/h6,8H,2-5H2,1H3;1-2H3. The highest BCUT2D eigenvalue weighted by molar-refractivity contribution is 4.99. The van der Waals surface area contributed by atoms with Crippen molar-refractivity contribution < 1.29 is 4.74 Å². The molecule has 1 N–H and O–H groups in total. The molecule has 11 heavy (non-hydrogen) atoms. The Balaban J connectivity index is 0.000000281. The van der Waals surface area contributed by atoms with Crippen LogP contribution in [0.25, 0.3) is 0 Å². The van der Waals surface area contributed by atoms with Gasteiger partial charge in [0.2, 0.25) is 0 Å². The van der Waals surface area contributed by atoms with E-state index >= 15 is 0 Å². The Labute approximate surface area is 69.3 Å². The van der Waals surface area contributed by atoms with Crippen molar-refractivity contribution in [3.63, 3.8) is 0 Å². The molecule has 0 aromatic heterocycles. The van der Waals surface area contributed by atoms with Gasteiger partial charge in [-0.3, -0.25) is 0 Å². The molecule has 1 unspecified atom stereocenters. The van der Waals surface area contributed by atoms with Crippen LogP contribution >= 0.6 is 0 Å². The molecule has 2 aliphatic rings. The first-order valence-electron chi connectivity index (χ1n) is 4.66. The van der Waals surface area contributed by atoms with E-state index in [1.165, 1.54) is 19.5 Å². The molecule has 0 saturated carbocycles. The highest BCUT2D eigenvalue weighted by Gasteiger charge is 2.45.